The number of rotatable bonds is 8. The maximum absolute atomic E-state index is 11.9. The van der Waals surface area contributed by atoms with Gasteiger partial charge in [0, 0.05) is 19.5 Å². The van der Waals surface area contributed by atoms with Crippen LogP contribution in [0.5, 0.6) is 11.5 Å². The lowest BCUT2D eigenvalue weighted by atomic mass is 10.1. The van der Waals surface area contributed by atoms with Gasteiger partial charge in [-0.1, -0.05) is 36.5 Å². The summed E-state index contributed by atoms with van der Waals surface area (Å²) in [5.41, 5.74) is 0.983. The van der Waals surface area contributed by atoms with Crippen LogP contribution >= 0.6 is 24.0 Å². The van der Waals surface area contributed by atoms with E-state index in [0.29, 0.717) is 29.6 Å². The number of carbonyl (C=O) groups excluding carboxylic acids is 2. The Morgan fingerprint density at radius 2 is 2.08 bits per heavy atom. The van der Waals surface area contributed by atoms with Crippen molar-refractivity contribution in [2.24, 2.45) is 0 Å². The fraction of sp³-hybridized carbons (Fsp3) is 0.471. The first kappa shape index (κ1) is 18.0. The number of hydrogen-bond donors (Lipinski definition) is 1. The Morgan fingerprint density at radius 1 is 1.24 bits per heavy atom. The first-order chi connectivity index (χ1) is 12.1. The first-order valence-electron chi connectivity index (χ1n) is 8.26. The van der Waals surface area contributed by atoms with Crippen LogP contribution in [0, 0.1) is 0 Å². The average molecular weight is 380 g/mol. The zero-order chi connectivity index (χ0) is 17.6. The van der Waals surface area contributed by atoms with Crippen molar-refractivity contribution in [3.05, 3.63) is 23.8 Å². The van der Waals surface area contributed by atoms with Gasteiger partial charge in [0.15, 0.2) is 11.5 Å². The lowest BCUT2D eigenvalue weighted by molar-refractivity contribution is -0.124. The molecule has 8 heteroatoms. The molecule has 2 heterocycles. The zero-order valence-electron chi connectivity index (χ0n) is 13.8. The number of nitrogens with one attached hydrogen (secondary N) is 1. The minimum atomic E-state index is 0.0287. The third-order valence-corrected chi connectivity index (χ3v) is 5.49. The van der Waals surface area contributed by atoms with Gasteiger partial charge in [0.05, 0.1) is 5.75 Å². The molecule has 25 heavy (non-hydrogen) atoms. The summed E-state index contributed by atoms with van der Waals surface area (Å²) in [5, 5.41) is 2.91. The molecule has 1 N–H and O–H groups in total. The van der Waals surface area contributed by atoms with Crippen molar-refractivity contribution in [2.45, 2.75) is 32.2 Å². The molecule has 0 atom stereocenters. The molecule has 0 unspecified atom stereocenters. The summed E-state index contributed by atoms with van der Waals surface area (Å²) in [6, 6.07) is 5.66. The zero-order valence-corrected chi connectivity index (χ0v) is 15.4. The number of thiocarbonyl (C=S) groups is 1. The summed E-state index contributed by atoms with van der Waals surface area (Å²) in [5.74, 6) is 2.04. The topological polar surface area (TPSA) is 67.9 Å². The molecule has 2 aliphatic heterocycles. The highest BCUT2D eigenvalue weighted by atomic mass is 32.2. The molecule has 3 rings (SSSR count). The molecule has 0 aromatic heterocycles. The molecule has 0 spiro atoms. The van der Waals surface area contributed by atoms with Gasteiger partial charge in [-0.3, -0.25) is 14.5 Å². The molecule has 0 aliphatic carbocycles. The molecular formula is C17H20N2O4S2. The summed E-state index contributed by atoms with van der Waals surface area (Å²) in [6.45, 7) is 1.38. The smallest absolute Gasteiger partial charge is 0.238 e. The van der Waals surface area contributed by atoms with Crippen molar-refractivity contribution in [1.82, 2.24) is 10.2 Å². The van der Waals surface area contributed by atoms with Gasteiger partial charge in [-0.2, -0.15) is 0 Å². The fourth-order valence-corrected chi connectivity index (χ4v) is 3.79. The van der Waals surface area contributed by atoms with Crippen LogP contribution in [0.25, 0.3) is 0 Å². The van der Waals surface area contributed by atoms with Crippen LogP contribution in [0.15, 0.2) is 18.2 Å². The SMILES string of the molecule is O=C(CCCCCN1C(=O)CSC1=S)NCc1ccc2c(c1)OCO2. The monoisotopic (exact) mass is 380 g/mol. The standard InChI is InChI=1S/C17H20N2O4S2/c20-15(4-2-1-3-7-19-16(21)10-25-17(19)24)18-9-12-5-6-13-14(8-12)23-11-22-13/h5-6,8H,1-4,7,9-11H2,(H,18,20). The number of fused-ring (bicyclic) bond motifs is 1. The van der Waals surface area contributed by atoms with Gasteiger partial charge in [0.1, 0.15) is 4.32 Å². The average Bonchev–Trinajstić information content (AvgIpc) is 3.20. The van der Waals surface area contributed by atoms with Gasteiger partial charge in [-0.25, -0.2) is 0 Å². The maximum atomic E-state index is 11.9. The highest BCUT2D eigenvalue weighted by Gasteiger charge is 2.25. The predicted molar refractivity (Wildman–Crippen MR) is 99.6 cm³/mol. The van der Waals surface area contributed by atoms with Crippen molar-refractivity contribution >= 4 is 40.1 Å². The van der Waals surface area contributed by atoms with E-state index in [0.717, 1.165) is 36.3 Å². The Hall–Kier alpha value is -1.80. The molecule has 2 amide bonds. The fourth-order valence-electron chi connectivity index (χ4n) is 2.67. The van der Waals surface area contributed by atoms with Gasteiger partial charge in [0.2, 0.25) is 18.6 Å². The highest BCUT2D eigenvalue weighted by Crippen LogP contribution is 2.32. The van der Waals surface area contributed by atoms with Crippen LogP contribution in [0.1, 0.15) is 31.2 Å². The number of thioether (sulfide) groups is 1. The molecule has 134 valence electrons. The Labute approximate surface area is 156 Å². The van der Waals surface area contributed by atoms with Crippen molar-refractivity contribution < 1.29 is 19.1 Å². The summed E-state index contributed by atoms with van der Waals surface area (Å²) >= 11 is 6.56. The van der Waals surface area contributed by atoms with Crippen molar-refractivity contribution in [1.29, 1.82) is 0 Å². The summed E-state index contributed by atoms with van der Waals surface area (Å²) in [7, 11) is 0. The lowest BCUT2D eigenvalue weighted by Gasteiger charge is -2.14. The molecule has 1 fully saturated rings. The molecule has 0 bridgehead atoms. The number of carbonyl (C=O) groups is 2. The number of ether oxygens (including phenoxy) is 2. The number of unbranched alkanes of at least 4 members (excludes halogenated alkanes) is 2. The molecule has 1 aromatic carbocycles. The van der Waals surface area contributed by atoms with Crippen LogP contribution in [0.2, 0.25) is 0 Å². The van der Waals surface area contributed by atoms with E-state index in [1.807, 2.05) is 18.2 Å². The number of nitrogens with zero attached hydrogens (tertiary/aromatic N) is 1. The first-order valence-corrected chi connectivity index (χ1v) is 9.65. The van der Waals surface area contributed by atoms with E-state index in [-0.39, 0.29) is 18.6 Å². The van der Waals surface area contributed by atoms with E-state index >= 15 is 0 Å². The van der Waals surface area contributed by atoms with E-state index in [1.54, 1.807) is 4.90 Å². The minimum absolute atomic E-state index is 0.0287. The van der Waals surface area contributed by atoms with Gasteiger partial charge < -0.3 is 14.8 Å². The quantitative estimate of drug-likeness (QED) is 0.552. The number of hydrogen-bond acceptors (Lipinski definition) is 6. The summed E-state index contributed by atoms with van der Waals surface area (Å²) in [4.78, 5) is 25.2. The number of amides is 2. The summed E-state index contributed by atoms with van der Waals surface area (Å²) < 4.78 is 11.3. The Kier molecular flexibility index (Phi) is 6.14. The Balaban J connectivity index is 1.29. The molecule has 2 aliphatic rings. The van der Waals surface area contributed by atoms with E-state index in [4.69, 9.17) is 21.7 Å². The van der Waals surface area contributed by atoms with Crippen molar-refractivity contribution in [3.63, 3.8) is 0 Å². The van der Waals surface area contributed by atoms with Crippen LogP contribution in [-0.2, 0) is 16.1 Å². The molecule has 1 saturated heterocycles. The van der Waals surface area contributed by atoms with Gasteiger partial charge in [-0.05, 0) is 30.5 Å². The highest BCUT2D eigenvalue weighted by molar-refractivity contribution is 8.23. The Morgan fingerprint density at radius 3 is 2.88 bits per heavy atom. The van der Waals surface area contributed by atoms with Crippen LogP contribution in [-0.4, -0.2) is 40.1 Å². The normalized spacial score (nSPS) is 15.8. The molecule has 6 nitrogen and oxygen atoms in total. The van der Waals surface area contributed by atoms with Gasteiger partial charge in [0.25, 0.3) is 0 Å². The second-order valence-corrected chi connectivity index (χ2v) is 7.48. The van der Waals surface area contributed by atoms with Crippen molar-refractivity contribution in [3.8, 4) is 11.5 Å². The van der Waals surface area contributed by atoms with E-state index < -0.39 is 0 Å². The minimum Gasteiger partial charge on any atom is -0.454 e. The lowest BCUT2D eigenvalue weighted by Crippen LogP contribution is -2.29. The van der Waals surface area contributed by atoms with Crippen LogP contribution in [0.4, 0.5) is 0 Å². The predicted octanol–water partition coefficient (Wildman–Crippen LogP) is 2.45. The van der Waals surface area contributed by atoms with E-state index in [9.17, 15) is 9.59 Å². The van der Waals surface area contributed by atoms with Crippen LogP contribution < -0.4 is 14.8 Å². The van der Waals surface area contributed by atoms with Crippen LogP contribution in [0.3, 0.4) is 0 Å². The van der Waals surface area contributed by atoms with E-state index in [1.165, 1.54) is 11.8 Å². The van der Waals surface area contributed by atoms with E-state index in [2.05, 4.69) is 5.32 Å². The summed E-state index contributed by atoms with van der Waals surface area (Å²) in [6.07, 6.45) is 3.04. The molecule has 0 radical (unpaired) electrons. The number of benzene rings is 1. The Bertz CT molecular complexity index is 665. The third kappa shape index (κ3) is 4.85. The largest absolute Gasteiger partial charge is 0.454 e. The second kappa shape index (κ2) is 8.53. The molecule has 1 aromatic rings. The maximum Gasteiger partial charge on any atom is 0.238 e. The molecule has 0 saturated carbocycles. The third-order valence-electron chi connectivity index (χ3n) is 4.05. The van der Waals surface area contributed by atoms with Crippen molar-refractivity contribution in [2.75, 3.05) is 19.1 Å². The van der Waals surface area contributed by atoms with Gasteiger partial charge >= 0.3 is 0 Å². The second-order valence-electron chi connectivity index (χ2n) is 5.87. The molecular weight excluding hydrogens is 360 g/mol. The van der Waals surface area contributed by atoms with Gasteiger partial charge in [-0.15, -0.1) is 0 Å².